The van der Waals surface area contributed by atoms with Crippen LogP contribution in [0.15, 0.2) is 24.5 Å². The van der Waals surface area contributed by atoms with Gasteiger partial charge in [-0.2, -0.15) is 0 Å². The minimum absolute atomic E-state index is 0.109. The molecule has 110 valence electrons. The average molecular weight is 281 g/mol. The SMILES string of the molecule is CCOC(=O)C(C(=O)OCC)C(C)(O)c1cccnc1. The van der Waals surface area contributed by atoms with Gasteiger partial charge in [-0.3, -0.25) is 14.6 Å². The van der Waals surface area contributed by atoms with Gasteiger partial charge in [0.15, 0.2) is 5.92 Å². The topological polar surface area (TPSA) is 85.7 Å². The number of nitrogens with zero attached hydrogens (tertiary/aromatic N) is 1. The van der Waals surface area contributed by atoms with E-state index in [0.29, 0.717) is 5.56 Å². The molecule has 1 aromatic rings. The number of hydrogen-bond donors (Lipinski definition) is 1. The van der Waals surface area contributed by atoms with Gasteiger partial charge < -0.3 is 14.6 Å². The molecular weight excluding hydrogens is 262 g/mol. The van der Waals surface area contributed by atoms with E-state index in [4.69, 9.17) is 9.47 Å². The Morgan fingerprint density at radius 3 is 2.25 bits per heavy atom. The predicted octanol–water partition coefficient (Wildman–Crippen LogP) is 1.03. The molecule has 1 atom stereocenters. The maximum absolute atomic E-state index is 12.0. The molecule has 0 spiro atoms. The normalized spacial score (nSPS) is 13.7. The Labute approximate surface area is 117 Å². The number of hydrogen-bond acceptors (Lipinski definition) is 6. The van der Waals surface area contributed by atoms with E-state index >= 15 is 0 Å². The van der Waals surface area contributed by atoms with E-state index in [1.807, 2.05) is 0 Å². The fourth-order valence-corrected chi connectivity index (χ4v) is 1.84. The minimum Gasteiger partial charge on any atom is -0.465 e. The highest BCUT2D eigenvalue weighted by atomic mass is 16.6. The van der Waals surface area contributed by atoms with Crippen LogP contribution in [0.25, 0.3) is 0 Å². The van der Waals surface area contributed by atoms with Crippen LogP contribution in [0.4, 0.5) is 0 Å². The lowest BCUT2D eigenvalue weighted by atomic mass is 9.83. The molecule has 1 rings (SSSR count). The van der Waals surface area contributed by atoms with Gasteiger partial charge in [0, 0.05) is 18.0 Å². The van der Waals surface area contributed by atoms with Crippen LogP contribution in [0.2, 0.25) is 0 Å². The second-order valence-corrected chi connectivity index (χ2v) is 4.33. The number of ether oxygens (including phenoxy) is 2. The van der Waals surface area contributed by atoms with Crippen molar-refractivity contribution in [2.24, 2.45) is 5.92 Å². The maximum atomic E-state index is 12.0. The third-order valence-corrected chi connectivity index (χ3v) is 2.85. The van der Waals surface area contributed by atoms with Gasteiger partial charge in [0.1, 0.15) is 5.60 Å². The van der Waals surface area contributed by atoms with Crippen molar-refractivity contribution in [2.75, 3.05) is 13.2 Å². The van der Waals surface area contributed by atoms with Gasteiger partial charge >= 0.3 is 11.9 Å². The number of esters is 2. The summed E-state index contributed by atoms with van der Waals surface area (Å²) >= 11 is 0. The summed E-state index contributed by atoms with van der Waals surface area (Å²) in [7, 11) is 0. The van der Waals surface area contributed by atoms with Gasteiger partial charge in [-0.1, -0.05) is 6.07 Å². The Balaban J connectivity index is 3.14. The minimum atomic E-state index is -1.76. The van der Waals surface area contributed by atoms with Crippen molar-refractivity contribution in [1.82, 2.24) is 4.98 Å². The summed E-state index contributed by atoms with van der Waals surface area (Å²) in [5, 5.41) is 10.6. The molecule has 0 amide bonds. The van der Waals surface area contributed by atoms with E-state index in [1.54, 1.807) is 26.0 Å². The first-order valence-electron chi connectivity index (χ1n) is 6.41. The summed E-state index contributed by atoms with van der Waals surface area (Å²) in [5.74, 6) is -3.09. The first-order valence-corrected chi connectivity index (χ1v) is 6.41. The van der Waals surface area contributed by atoms with E-state index in [1.165, 1.54) is 19.3 Å². The van der Waals surface area contributed by atoms with E-state index in [-0.39, 0.29) is 13.2 Å². The van der Waals surface area contributed by atoms with Crippen molar-refractivity contribution in [1.29, 1.82) is 0 Å². The van der Waals surface area contributed by atoms with Crippen molar-refractivity contribution in [3.63, 3.8) is 0 Å². The van der Waals surface area contributed by atoms with Gasteiger partial charge in [0.25, 0.3) is 0 Å². The number of aromatic nitrogens is 1. The summed E-state index contributed by atoms with van der Waals surface area (Å²) < 4.78 is 9.72. The second-order valence-electron chi connectivity index (χ2n) is 4.33. The molecule has 0 aliphatic carbocycles. The first-order chi connectivity index (χ1) is 9.45. The molecule has 0 saturated carbocycles. The Kier molecular flexibility index (Phi) is 5.64. The van der Waals surface area contributed by atoms with E-state index in [9.17, 15) is 14.7 Å². The van der Waals surface area contributed by atoms with Crippen molar-refractivity contribution in [3.8, 4) is 0 Å². The zero-order valence-corrected chi connectivity index (χ0v) is 11.8. The molecule has 1 heterocycles. The van der Waals surface area contributed by atoms with Crippen LogP contribution in [-0.4, -0.2) is 35.2 Å². The molecule has 1 aromatic heterocycles. The summed E-state index contributed by atoms with van der Waals surface area (Å²) in [4.78, 5) is 27.8. The number of carbonyl (C=O) groups excluding carboxylic acids is 2. The quantitative estimate of drug-likeness (QED) is 0.619. The van der Waals surface area contributed by atoms with E-state index in [2.05, 4.69) is 4.98 Å². The lowest BCUT2D eigenvalue weighted by Gasteiger charge is -2.29. The predicted molar refractivity (Wildman–Crippen MR) is 70.6 cm³/mol. The lowest BCUT2D eigenvalue weighted by molar-refractivity contribution is -0.174. The fourth-order valence-electron chi connectivity index (χ4n) is 1.84. The van der Waals surface area contributed by atoms with Crippen molar-refractivity contribution in [3.05, 3.63) is 30.1 Å². The Morgan fingerprint density at radius 1 is 1.30 bits per heavy atom. The van der Waals surface area contributed by atoms with Crippen LogP contribution in [0.5, 0.6) is 0 Å². The summed E-state index contributed by atoms with van der Waals surface area (Å²) in [6.45, 7) is 4.83. The Bertz CT molecular complexity index is 440. The van der Waals surface area contributed by atoms with Crippen LogP contribution in [0, 0.1) is 5.92 Å². The Morgan fingerprint density at radius 2 is 1.85 bits per heavy atom. The lowest BCUT2D eigenvalue weighted by Crippen LogP contribution is -2.44. The standard InChI is InChI=1S/C14H19NO5/c1-4-19-12(16)11(13(17)20-5-2)14(3,18)10-7-6-8-15-9-10/h6-9,11,18H,4-5H2,1-3H3. The second kappa shape index (κ2) is 7.00. The number of rotatable bonds is 6. The molecular formula is C14H19NO5. The maximum Gasteiger partial charge on any atom is 0.323 e. The molecule has 0 aromatic carbocycles. The van der Waals surface area contributed by atoms with Crippen LogP contribution in [-0.2, 0) is 24.7 Å². The van der Waals surface area contributed by atoms with Crippen molar-refractivity contribution >= 4 is 11.9 Å². The van der Waals surface area contributed by atoms with Crippen LogP contribution >= 0.6 is 0 Å². The monoisotopic (exact) mass is 281 g/mol. The third kappa shape index (κ3) is 3.54. The molecule has 6 heteroatoms. The highest BCUT2D eigenvalue weighted by molar-refractivity contribution is 5.96. The fraction of sp³-hybridized carbons (Fsp3) is 0.500. The number of carbonyl (C=O) groups is 2. The molecule has 1 N–H and O–H groups in total. The van der Waals surface area contributed by atoms with Gasteiger partial charge in [-0.05, 0) is 26.8 Å². The van der Waals surface area contributed by atoms with E-state index < -0.39 is 23.5 Å². The van der Waals surface area contributed by atoms with Crippen molar-refractivity contribution in [2.45, 2.75) is 26.4 Å². The molecule has 6 nitrogen and oxygen atoms in total. The molecule has 0 radical (unpaired) electrons. The molecule has 0 fully saturated rings. The summed E-state index contributed by atoms with van der Waals surface area (Å²) in [6, 6.07) is 3.19. The molecule has 0 saturated heterocycles. The molecule has 20 heavy (non-hydrogen) atoms. The molecule has 0 aliphatic rings. The van der Waals surface area contributed by atoms with Gasteiger partial charge in [0.05, 0.1) is 13.2 Å². The summed E-state index contributed by atoms with van der Waals surface area (Å²) in [6.07, 6.45) is 2.93. The highest BCUT2D eigenvalue weighted by Gasteiger charge is 2.46. The third-order valence-electron chi connectivity index (χ3n) is 2.85. The average Bonchev–Trinajstić information content (AvgIpc) is 2.40. The van der Waals surface area contributed by atoms with Gasteiger partial charge in [-0.25, -0.2) is 0 Å². The number of aliphatic hydroxyl groups is 1. The van der Waals surface area contributed by atoms with E-state index in [0.717, 1.165) is 0 Å². The number of pyridine rings is 1. The zero-order valence-electron chi connectivity index (χ0n) is 11.8. The zero-order chi connectivity index (χ0) is 15.2. The van der Waals surface area contributed by atoms with Gasteiger partial charge in [-0.15, -0.1) is 0 Å². The van der Waals surface area contributed by atoms with Crippen LogP contribution in [0.1, 0.15) is 26.3 Å². The van der Waals surface area contributed by atoms with Gasteiger partial charge in [0.2, 0.25) is 0 Å². The van der Waals surface area contributed by atoms with Crippen molar-refractivity contribution < 1.29 is 24.2 Å². The van der Waals surface area contributed by atoms with Crippen LogP contribution < -0.4 is 0 Å². The largest absolute Gasteiger partial charge is 0.465 e. The molecule has 1 unspecified atom stereocenters. The van der Waals surface area contributed by atoms with Crippen LogP contribution in [0.3, 0.4) is 0 Å². The smallest absolute Gasteiger partial charge is 0.323 e. The molecule has 0 aliphatic heterocycles. The first kappa shape index (κ1) is 16.1. The highest BCUT2D eigenvalue weighted by Crippen LogP contribution is 2.31. The Hall–Kier alpha value is -1.95. The summed E-state index contributed by atoms with van der Waals surface area (Å²) in [5.41, 5.74) is -1.42. The molecule has 0 bridgehead atoms.